The third-order valence-corrected chi connectivity index (χ3v) is 3.05. The van der Waals surface area contributed by atoms with Crippen molar-refractivity contribution >= 4 is 13.4 Å². The average molecular weight is 252 g/mol. The standard InChI is InChI=1S/C6H7BN2.C6H14O2.CH4/c7-6-3-4-9(8-6)5-1-2-5;1-5(2,7)6(3,4)8;/h3-5H,1-2H2;7-8H,1-4H3;1H4. The van der Waals surface area contributed by atoms with E-state index < -0.39 is 11.2 Å². The molecule has 1 aliphatic carbocycles. The Kier molecular flexibility index (Phi) is 5.63. The van der Waals surface area contributed by atoms with Gasteiger partial charge < -0.3 is 10.2 Å². The highest BCUT2D eigenvalue weighted by Gasteiger charge is 2.31. The van der Waals surface area contributed by atoms with Crippen LogP contribution in [0.3, 0.4) is 0 Å². The molecule has 1 aromatic rings. The van der Waals surface area contributed by atoms with Gasteiger partial charge in [0.15, 0.2) is 0 Å². The lowest BCUT2D eigenvalue weighted by Crippen LogP contribution is -2.44. The Morgan fingerprint density at radius 2 is 1.67 bits per heavy atom. The maximum atomic E-state index is 9.10. The zero-order chi connectivity index (χ0) is 13.3. The third kappa shape index (κ3) is 5.23. The Hall–Kier alpha value is -0.805. The molecule has 1 aromatic heterocycles. The number of nitrogens with zero attached hydrogens (tertiary/aromatic N) is 2. The number of aliphatic hydroxyl groups is 2. The van der Waals surface area contributed by atoms with E-state index in [0.717, 1.165) is 0 Å². The predicted molar refractivity (Wildman–Crippen MR) is 75.2 cm³/mol. The molecule has 4 nitrogen and oxygen atoms in total. The molecular formula is C13H25BN2O2. The zero-order valence-corrected chi connectivity index (χ0v) is 11.0. The summed E-state index contributed by atoms with van der Waals surface area (Å²) in [6, 6.07) is 2.49. The van der Waals surface area contributed by atoms with Crippen LogP contribution in [0.15, 0.2) is 12.3 Å². The van der Waals surface area contributed by atoms with Gasteiger partial charge in [0.25, 0.3) is 0 Å². The Labute approximate surface area is 111 Å². The van der Waals surface area contributed by atoms with E-state index in [2.05, 4.69) is 5.10 Å². The van der Waals surface area contributed by atoms with Gasteiger partial charge in [-0.1, -0.05) is 7.43 Å². The van der Waals surface area contributed by atoms with E-state index in [1.54, 1.807) is 27.7 Å². The normalized spacial score (nSPS) is 15.4. The lowest BCUT2D eigenvalue weighted by molar-refractivity contribution is -0.107. The Morgan fingerprint density at radius 1 is 1.22 bits per heavy atom. The van der Waals surface area contributed by atoms with Gasteiger partial charge in [0, 0.05) is 11.8 Å². The fourth-order valence-electron chi connectivity index (χ4n) is 0.895. The second-order valence-corrected chi connectivity index (χ2v) is 5.57. The second kappa shape index (κ2) is 5.89. The van der Waals surface area contributed by atoms with Crippen molar-refractivity contribution in [1.82, 2.24) is 9.78 Å². The molecule has 102 valence electrons. The van der Waals surface area contributed by atoms with Crippen LogP contribution in [0, 0.1) is 0 Å². The molecule has 0 bridgehead atoms. The van der Waals surface area contributed by atoms with Crippen molar-refractivity contribution in [3.8, 4) is 0 Å². The first kappa shape index (κ1) is 17.2. The molecule has 1 saturated carbocycles. The van der Waals surface area contributed by atoms with E-state index in [1.165, 1.54) is 12.8 Å². The first-order valence-corrected chi connectivity index (χ1v) is 5.86. The lowest BCUT2D eigenvalue weighted by atomic mass is 9.90. The van der Waals surface area contributed by atoms with Crippen LogP contribution in [0.25, 0.3) is 0 Å². The predicted octanol–water partition coefficient (Wildman–Crippen LogP) is 1.18. The summed E-state index contributed by atoms with van der Waals surface area (Å²) in [6.07, 6.45) is 4.47. The van der Waals surface area contributed by atoms with Crippen molar-refractivity contribution < 1.29 is 10.2 Å². The van der Waals surface area contributed by atoms with Crippen molar-refractivity contribution in [2.45, 2.75) is 65.2 Å². The highest BCUT2D eigenvalue weighted by Crippen LogP contribution is 2.33. The molecule has 0 amide bonds. The summed E-state index contributed by atoms with van der Waals surface area (Å²) in [5.41, 5.74) is -1.39. The van der Waals surface area contributed by atoms with Gasteiger partial charge in [-0.15, -0.1) is 0 Å². The molecular weight excluding hydrogens is 227 g/mol. The molecule has 5 heteroatoms. The summed E-state index contributed by atoms with van der Waals surface area (Å²) >= 11 is 0. The van der Waals surface area contributed by atoms with Gasteiger partial charge in [0.05, 0.1) is 17.2 Å². The molecule has 18 heavy (non-hydrogen) atoms. The number of rotatable bonds is 2. The van der Waals surface area contributed by atoms with E-state index in [9.17, 15) is 0 Å². The molecule has 1 aliphatic rings. The van der Waals surface area contributed by atoms with Crippen LogP contribution in [0.1, 0.15) is 54.0 Å². The fraction of sp³-hybridized carbons (Fsp3) is 0.769. The monoisotopic (exact) mass is 252 g/mol. The summed E-state index contributed by atoms with van der Waals surface area (Å²) in [5.74, 6) is 0. The van der Waals surface area contributed by atoms with Crippen molar-refractivity contribution in [2.75, 3.05) is 0 Å². The fourth-order valence-corrected chi connectivity index (χ4v) is 0.895. The SMILES string of the molecule is C.CC(C)(O)C(C)(C)O.[B]c1ccn(C2CC2)n1. The van der Waals surface area contributed by atoms with Gasteiger partial charge in [-0.3, -0.25) is 4.68 Å². The second-order valence-electron chi connectivity index (χ2n) is 5.57. The highest BCUT2D eigenvalue weighted by molar-refractivity contribution is 6.30. The van der Waals surface area contributed by atoms with Crippen LogP contribution < -0.4 is 5.59 Å². The quantitative estimate of drug-likeness (QED) is 0.777. The van der Waals surface area contributed by atoms with Crippen molar-refractivity contribution in [1.29, 1.82) is 0 Å². The molecule has 2 radical (unpaired) electrons. The molecule has 0 saturated heterocycles. The van der Waals surface area contributed by atoms with Crippen LogP contribution in [0.5, 0.6) is 0 Å². The topological polar surface area (TPSA) is 58.3 Å². The van der Waals surface area contributed by atoms with E-state index >= 15 is 0 Å². The Morgan fingerprint density at radius 3 is 1.89 bits per heavy atom. The van der Waals surface area contributed by atoms with Crippen molar-refractivity contribution in [2.24, 2.45) is 0 Å². The van der Waals surface area contributed by atoms with Gasteiger partial charge in [-0.05, 0) is 46.6 Å². The molecule has 0 aliphatic heterocycles. The lowest BCUT2D eigenvalue weighted by Gasteiger charge is -2.31. The smallest absolute Gasteiger partial charge is 0.144 e. The third-order valence-electron chi connectivity index (χ3n) is 3.05. The minimum absolute atomic E-state index is 0. The maximum Gasteiger partial charge on any atom is 0.144 e. The minimum atomic E-state index is -1.01. The molecule has 2 rings (SSSR count). The van der Waals surface area contributed by atoms with E-state index in [1.807, 2.05) is 16.9 Å². The number of aromatic nitrogens is 2. The molecule has 0 atom stereocenters. The zero-order valence-electron chi connectivity index (χ0n) is 11.0. The van der Waals surface area contributed by atoms with E-state index in [0.29, 0.717) is 11.6 Å². The van der Waals surface area contributed by atoms with Gasteiger partial charge >= 0.3 is 0 Å². The van der Waals surface area contributed by atoms with Crippen molar-refractivity contribution in [3.63, 3.8) is 0 Å². The first-order valence-electron chi connectivity index (χ1n) is 5.86. The summed E-state index contributed by atoms with van der Waals surface area (Å²) in [7, 11) is 5.41. The van der Waals surface area contributed by atoms with E-state index in [-0.39, 0.29) is 7.43 Å². The number of hydrogen-bond donors (Lipinski definition) is 2. The number of hydrogen-bond acceptors (Lipinski definition) is 3. The van der Waals surface area contributed by atoms with E-state index in [4.69, 9.17) is 18.1 Å². The molecule has 0 aromatic carbocycles. The van der Waals surface area contributed by atoms with Gasteiger partial charge in [-0.25, -0.2) is 0 Å². The van der Waals surface area contributed by atoms with Crippen LogP contribution in [-0.4, -0.2) is 39.0 Å². The van der Waals surface area contributed by atoms with Gasteiger partial charge in [0.1, 0.15) is 7.85 Å². The van der Waals surface area contributed by atoms with Crippen LogP contribution in [-0.2, 0) is 0 Å². The first-order chi connectivity index (χ1) is 7.61. The van der Waals surface area contributed by atoms with Crippen molar-refractivity contribution in [3.05, 3.63) is 12.3 Å². The Balaban J connectivity index is 0.000000308. The summed E-state index contributed by atoms with van der Waals surface area (Å²) in [5, 5.41) is 22.3. The Bertz CT molecular complexity index is 348. The van der Waals surface area contributed by atoms with Crippen LogP contribution >= 0.6 is 0 Å². The molecule has 2 N–H and O–H groups in total. The van der Waals surface area contributed by atoms with Gasteiger partial charge in [-0.2, -0.15) is 5.10 Å². The minimum Gasteiger partial charge on any atom is -0.387 e. The maximum absolute atomic E-state index is 9.10. The molecule has 0 spiro atoms. The average Bonchev–Trinajstić information content (AvgIpc) is 2.88. The van der Waals surface area contributed by atoms with Crippen LogP contribution in [0.2, 0.25) is 0 Å². The molecule has 1 heterocycles. The highest BCUT2D eigenvalue weighted by atomic mass is 16.3. The summed E-state index contributed by atoms with van der Waals surface area (Å²) < 4.78 is 1.94. The van der Waals surface area contributed by atoms with Gasteiger partial charge in [0.2, 0.25) is 0 Å². The largest absolute Gasteiger partial charge is 0.387 e. The summed E-state index contributed by atoms with van der Waals surface area (Å²) in [4.78, 5) is 0. The van der Waals surface area contributed by atoms with Crippen LogP contribution in [0.4, 0.5) is 0 Å². The molecule has 0 unspecified atom stereocenters. The molecule has 1 fully saturated rings. The summed E-state index contributed by atoms with van der Waals surface area (Å²) in [6.45, 7) is 6.31.